The van der Waals surface area contributed by atoms with E-state index in [2.05, 4.69) is 19.9 Å². The van der Waals surface area contributed by atoms with Gasteiger partial charge in [0, 0.05) is 18.0 Å². The summed E-state index contributed by atoms with van der Waals surface area (Å²) >= 11 is 1.86. The molecule has 3 aromatic rings. The van der Waals surface area contributed by atoms with Crippen LogP contribution in [-0.2, 0) is 12.4 Å². The summed E-state index contributed by atoms with van der Waals surface area (Å²) in [6, 6.07) is 2.32. The van der Waals surface area contributed by atoms with E-state index in [0.717, 1.165) is 12.3 Å². The van der Waals surface area contributed by atoms with E-state index < -0.39 is 23.7 Å². The Hall–Kier alpha value is -2.25. The molecule has 0 aromatic carbocycles. The number of hydrogen-bond donors (Lipinski definition) is 0. The van der Waals surface area contributed by atoms with Crippen LogP contribution in [0.25, 0.3) is 17.2 Å². The molecule has 26 heavy (non-hydrogen) atoms. The van der Waals surface area contributed by atoms with Gasteiger partial charge >= 0.3 is 12.4 Å². The Morgan fingerprint density at radius 2 is 1.58 bits per heavy atom. The molecule has 3 heterocycles. The Morgan fingerprint density at radius 1 is 0.885 bits per heavy atom. The van der Waals surface area contributed by atoms with Crippen LogP contribution in [0.5, 0.6) is 0 Å². The van der Waals surface area contributed by atoms with E-state index >= 15 is 0 Å². The van der Waals surface area contributed by atoms with E-state index in [0.29, 0.717) is 15.8 Å². The van der Waals surface area contributed by atoms with Gasteiger partial charge in [0.1, 0.15) is 15.7 Å². The molecule has 3 rings (SSSR count). The van der Waals surface area contributed by atoms with Crippen LogP contribution in [0, 0.1) is 3.70 Å². The Bertz CT molecular complexity index is 932. The van der Waals surface area contributed by atoms with Gasteiger partial charge in [0.05, 0.1) is 5.69 Å². The maximum atomic E-state index is 13.1. The number of rotatable bonds is 2. The fourth-order valence-electron chi connectivity index (χ4n) is 1.96. The molecule has 0 atom stereocenters. The first-order valence-electron chi connectivity index (χ1n) is 6.74. The van der Waals surface area contributed by atoms with E-state index in [4.69, 9.17) is 0 Å². The van der Waals surface area contributed by atoms with E-state index in [9.17, 15) is 26.3 Å². The van der Waals surface area contributed by atoms with Crippen LogP contribution in [0.4, 0.5) is 26.3 Å². The zero-order chi connectivity index (χ0) is 19.1. The predicted octanol–water partition coefficient (Wildman–Crippen LogP) is 4.37. The second kappa shape index (κ2) is 6.48. The van der Waals surface area contributed by atoms with Gasteiger partial charge < -0.3 is 0 Å². The molecule has 0 aliphatic rings. The summed E-state index contributed by atoms with van der Waals surface area (Å²) in [6.45, 7) is 0. The fraction of sp³-hybridized carbons (Fsp3) is 0.143. The Balaban J connectivity index is 2.11. The van der Waals surface area contributed by atoms with Crippen molar-refractivity contribution >= 4 is 22.6 Å². The highest BCUT2D eigenvalue weighted by atomic mass is 127. The summed E-state index contributed by atoms with van der Waals surface area (Å²) < 4.78 is 78.8. The average molecular weight is 485 g/mol. The molecule has 5 nitrogen and oxygen atoms in total. The van der Waals surface area contributed by atoms with Crippen LogP contribution in [0.1, 0.15) is 11.4 Å². The zero-order valence-corrected chi connectivity index (χ0v) is 14.5. The molecule has 0 unspecified atom stereocenters. The van der Waals surface area contributed by atoms with Crippen LogP contribution in [0.3, 0.4) is 0 Å². The molecule has 0 aliphatic carbocycles. The summed E-state index contributed by atoms with van der Waals surface area (Å²) in [4.78, 5) is 14.5. The molecule has 0 saturated heterocycles. The third-order valence-electron chi connectivity index (χ3n) is 3.14. The summed E-state index contributed by atoms with van der Waals surface area (Å²) in [5.74, 6) is -0.315. The van der Waals surface area contributed by atoms with Crippen molar-refractivity contribution in [2.75, 3.05) is 0 Å². The molecule has 0 fully saturated rings. The van der Waals surface area contributed by atoms with Crippen molar-refractivity contribution < 1.29 is 26.3 Å². The minimum absolute atomic E-state index is 0.0121. The minimum atomic E-state index is -4.76. The lowest BCUT2D eigenvalue weighted by molar-refractivity contribution is -0.141. The standard InChI is InChI=1S/C14H6F6IN5/c15-13(16,17)9-2-1-7(4-22-9)8-3-10(14(18,19)20)25-12(24-8)26-5-11(21)23-6-26/h1-6H. The smallest absolute Gasteiger partial charge is 0.273 e. The third kappa shape index (κ3) is 3.94. The highest BCUT2D eigenvalue weighted by Gasteiger charge is 2.35. The highest BCUT2D eigenvalue weighted by molar-refractivity contribution is 14.1. The summed E-state index contributed by atoms with van der Waals surface area (Å²) in [5, 5.41) is 0. The van der Waals surface area contributed by atoms with Crippen molar-refractivity contribution in [1.82, 2.24) is 24.5 Å². The predicted molar refractivity (Wildman–Crippen MR) is 85.1 cm³/mol. The molecule has 0 aliphatic heterocycles. The Morgan fingerprint density at radius 3 is 2.08 bits per heavy atom. The van der Waals surface area contributed by atoms with Gasteiger partial charge in [-0.2, -0.15) is 26.3 Å². The molecule has 0 bridgehead atoms. The van der Waals surface area contributed by atoms with Crippen molar-refractivity contribution in [1.29, 1.82) is 0 Å². The molecular formula is C14H6F6IN5. The molecule has 0 N–H and O–H groups in total. The molecule has 3 aromatic heterocycles. The summed E-state index contributed by atoms with van der Waals surface area (Å²) in [6.07, 6.45) is -5.97. The van der Waals surface area contributed by atoms with Gasteiger partial charge in [0.2, 0.25) is 5.95 Å². The maximum absolute atomic E-state index is 13.1. The van der Waals surface area contributed by atoms with Crippen molar-refractivity contribution in [3.05, 3.63) is 52.0 Å². The molecule has 12 heteroatoms. The maximum Gasteiger partial charge on any atom is 0.433 e. The lowest BCUT2D eigenvalue weighted by Crippen LogP contribution is -2.12. The summed E-state index contributed by atoms with van der Waals surface area (Å²) in [5.41, 5.74) is -2.62. The molecule has 0 spiro atoms. The van der Waals surface area contributed by atoms with E-state index in [1.54, 1.807) is 0 Å². The Kier molecular flexibility index (Phi) is 4.62. The number of aromatic nitrogens is 5. The highest BCUT2D eigenvalue weighted by Crippen LogP contribution is 2.32. The Labute approximate surface area is 155 Å². The van der Waals surface area contributed by atoms with Crippen LogP contribution in [-0.4, -0.2) is 24.5 Å². The molecule has 0 saturated carbocycles. The van der Waals surface area contributed by atoms with Crippen LogP contribution in [0.2, 0.25) is 0 Å². The summed E-state index contributed by atoms with van der Waals surface area (Å²) in [7, 11) is 0. The number of nitrogens with zero attached hydrogens (tertiary/aromatic N) is 5. The number of hydrogen-bond acceptors (Lipinski definition) is 4. The van der Waals surface area contributed by atoms with Crippen molar-refractivity contribution in [3.63, 3.8) is 0 Å². The van der Waals surface area contributed by atoms with E-state index in [1.807, 2.05) is 22.6 Å². The van der Waals surface area contributed by atoms with E-state index in [1.165, 1.54) is 17.1 Å². The average Bonchev–Trinajstić information content (AvgIpc) is 2.99. The SMILES string of the molecule is FC(F)(F)c1ccc(-c2cc(C(F)(F)F)nc(-n3cnc(I)c3)n2)cn1. The van der Waals surface area contributed by atoms with Crippen LogP contribution in [0.15, 0.2) is 36.9 Å². The molecule has 0 radical (unpaired) electrons. The number of imidazole rings is 1. The van der Waals surface area contributed by atoms with Gasteiger partial charge in [-0.3, -0.25) is 9.55 Å². The topological polar surface area (TPSA) is 56.5 Å². The quantitative estimate of drug-likeness (QED) is 0.400. The largest absolute Gasteiger partial charge is 0.433 e. The lowest BCUT2D eigenvalue weighted by atomic mass is 10.1. The van der Waals surface area contributed by atoms with Gasteiger partial charge in [-0.25, -0.2) is 15.0 Å². The molecule has 136 valence electrons. The minimum Gasteiger partial charge on any atom is -0.273 e. The fourth-order valence-corrected chi connectivity index (χ4v) is 2.39. The van der Waals surface area contributed by atoms with E-state index in [-0.39, 0.29) is 17.2 Å². The number of halogens is 7. The number of pyridine rings is 1. The first-order valence-corrected chi connectivity index (χ1v) is 7.82. The third-order valence-corrected chi connectivity index (χ3v) is 3.69. The van der Waals surface area contributed by atoms with Gasteiger partial charge in [-0.1, -0.05) is 0 Å². The van der Waals surface area contributed by atoms with Gasteiger partial charge in [-0.15, -0.1) is 0 Å². The van der Waals surface area contributed by atoms with Crippen molar-refractivity contribution in [2.45, 2.75) is 12.4 Å². The first-order chi connectivity index (χ1) is 12.0. The van der Waals surface area contributed by atoms with Crippen LogP contribution >= 0.6 is 22.6 Å². The second-order valence-electron chi connectivity index (χ2n) is 4.97. The van der Waals surface area contributed by atoms with Gasteiger partial charge in [-0.05, 0) is 40.8 Å². The second-order valence-corrected chi connectivity index (χ2v) is 6.07. The lowest BCUT2D eigenvalue weighted by Gasteiger charge is -2.11. The first kappa shape index (κ1) is 18.5. The molecule has 0 amide bonds. The normalized spacial score (nSPS) is 12.4. The monoisotopic (exact) mass is 485 g/mol. The van der Waals surface area contributed by atoms with Crippen LogP contribution < -0.4 is 0 Å². The number of alkyl halides is 6. The zero-order valence-electron chi connectivity index (χ0n) is 12.3. The van der Waals surface area contributed by atoms with Gasteiger partial charge in [0.15, 0.2) is 5.69 Å². The molecular weight excluding hydrogens is 479 g/mol. The van der Waals surface area contributed by atoms with Crippen molar-refractivity contribution in [3.8, 4) is 17.2 Å². The van der Waals surface area contributed by atoms with Gasteiger partial charge in [0.25, 0.3) is 0 Å². The van der Waals surface area contributed by atoms with Crippen molar-refractivity contribution in [2.24, 2.45) is 0 Å².